The van der Waals surface area contributed by atoms with Gasteiger partial charge < -0.3 is 14.6 Å². The second-order valence-electron chi connectivity index (χ2n) is 8.72. The molecule has 170 valence electrons. The molecule has 1 aromatic heterocycles. The van der Waals surface area contributed by atoms with E-state index >= 15 is 0 Å². The van der Waals surface area contributed by atoms with E-state index in [9.17, 15) is 5.11 Å². The summed E-state index contributed by atoms with van der Waals surface area (Å²) < 4.78 is 13.6. The van der Waals surface area contributed by atoms with Gasteiger partial charge in [-0.25, -0.2) is 0 Å². The van der Waals surface area contributed by atoms with Crippen LogP contribution in [-0.2, 0) is 13.1 Å². The third-order valence-electron chi connectivity index (χ3n) is 6.00. The largest absolute Gasteiger partial charge is 0.494 e. The van der Waals surface area contributed by atoms with Gasteiger partial charge in [0.1, 0.15) is 23.7 Å². The van der Waals surface area contributed by atoms with Crippen LogP contribution >= 0.6 is 0 Å². The lowest BCUT2D eigenvalue weighted by atomic mass is 9.92. The summed E-state index contributed by atoms with van der Waals surface area (Å²) >= 11 is 0. The molecule has 6 nitrogen and oxygen atoms in total. The molecule has 0 amide bonds. The highest BCUT2D eigenvalue weighted by Gasteiger charge is 2.33. The Bertz CT molecular complexity index is 931. The van der Waals surface area contributed by atoms with Gasteiger partial charge in [-0.2, -0.15) is 5.10 Å². The summed E-state index contributed by atoms with van der Waals surface area (Å²) in [6, 6.07) is 18.2. The maximum absolute atomic E-state index is 10.9. The smallest absolute Gasteiger partial charge is 0.119 e. The first-order valence-electron chi connectivity index (χ1n) is 11.4. The number of nitrogens with zero attached hydrogens (tertiary/aromatic N) is 3. The Balaban J connectivity index is 1.16. The van der Waals surface area contributed by atoms with Crippen LogP contribution in [-0.4, -0.2) is 51.7 Å². The summed E-state index contributed by atoms with van der Waals surface area (Å²) in [4.78, 5) is 2.39. The average molecular weight is 436 g/mol. The van der Waals surface area contributed by atoms with E-state index in [1.807, 2.05) is 53.3 Å². The van der Waals surface area contributed by atoms with Crippen molar-refractivity contribution in [1.82, 2.24) is 14.7 Å². The van der Waals surface area contributed by atoms with Crippen molar-refractivity contribution in [3.63, 3.8) is 0 Å². The van der Waals surface area contributed by atoms with E-state index in [-0.39, 0.29) is 0 Å². The molecule has 3 aromatic rings. The minimum absolute atomic E-state index is 0.344. The number of aliphatic hydroxyl groups is 1. The molecule has 0 atom stereocenters. The highest BCUT2D eigenvalue weighted by Crippen LogP contribution is 2.25. The highest BCUT2D eigenvalue weighted by molar-refractivity contribution is 5.27. The third kappa shape index (κ3) is 6.58. The number of piperidine rings is 1. The van der Waals surface area contributed by atoms with Gasteiger partial charge in [0.15, 0.2) is 0 Å². The molecule has 6 heteroatoms. The van der Waals surface area contributed by atoms with Crippen molar-refractivity contribution >= 4 is 0 Å². The Morgan fingerprint density at radius 1 is 0.969 bits per heavy atom. The van der Waals surface area contributed by atoms with Crippen LogP contribution < -0.4 is 9.47 Å². The molecule has 0 saturated carbocycles. The van der Waals surface area contributed by atoms with Gasteiger partial charge in [0, 0.05) is 45.0 Å². The summed E-state index contributed by atoms with van der Waals surface area (Å²) in [7, 11) is 0. The quantitative estimate of drug-likeness (QED) is 0.487. The number of likely N-dealkylation sites (tertiary alicyclic amines) is 1. The maximum Gasteiger partial charge on any atom is 0.119 e. The third-order valence-corrected chi connectivity index (χ3v) is 6.00. The van der Waals surface area contributed by atoms with Gasteiger partial charge in [0.05, 0.1) is 6.61 Å². The van der Waals surface area contributed by atoms with Crippen molar-refractivity contribution in [2.24, 2.45) is 0 Å². The van der Waals surface area contributed by atoms with Crippen LogP contribution in [0.25, 0.3) is 0 Å². The Kier molecular flexibility index (Phi) is 7.45. The molecule has 1 saturated heterocycles. The number of rotatable bonds is 10. The van der Waals surface area contributed by atoms with E-state index < -0.39 is 5.60 Å². The number of aromatic nitrogens is 2. The van der Waals surface area contributed by atoms with Crippen molar-refractivity contribution < 1.29 is 14.6 Å². The predicted octanol–water partition coefficient (Wildman–Crippen LogP) is 4.07. The van der Waals surface area contributed by atoms with Crippen molar-refractivity contribution in [1.29, 1.82) is 0 Å². The van der Waals surface area contributed by atoms with Crippen LogP contribution in [0.15, 0.2) is 67.0 Å². The standard InChI is InChI=1S/C26H33N3O3/c1-22-4-8-25(9-5-22)32-21-26(30)12-17-28(18-13-26)20-23-6-10-24(11-7-23)31-19-3-16-29-15-2-14-27-29/h2,4-11,14-15,30H,3,12-13,16-21H2,1H3. The lowest BCUT2D eigenvalue weighted by Gasteiger charge is -2.38. The number of hydrogen-bond donors (Lipinski definition) is 1. The molecule has 2 aromatic carbocycles. The van der Waals surface area contributed by atoms with E-state index in [0.717, 1.165) is 56.9 Å². The monoisotopic (exact) mass is 435 g/mol. The maximum atomic E-state index is 10.9. The van der Waals surface area contributed by atoms with Gasteiger partial charge >= 0.3 is 0 Å². The molecule has 4 rings (SSSR count). The lowest BCUT2D eigenvalue weighted by Crippen LogP contribution is -2.47. The van der Waals surface area contributed by atoms with E-state index in [1.165, 1.54) is 11.1 Å². The molecule has 0 aliphatic carbocycles. The summed E-state index contributed by atoms with van der Waals surface area (Å²) in [6.07, 6.45) is 6.12. The summed E-state index contributed by atoms with van der Waals surface area (Å²) in [5, 5.41) is 15.1. The minimum atomic E-state index is -0.755. The number of benzene rings is 2. The van der Waals surface area contributed by atoms with Gasteiger partial charge in [-0.15, -0.1) is 0 Å². The Labute approximate surface area is 190 Å². The van der Waals surface area contributed by atoms with Crippen LogP contribution in [0.2, 0.25) is 0 Å². The van der Waals surface area contributed by atoms with E-state index in [1.54, 1.807) is 6.20 Å². The molecule has 0 radical (unpaired) electrons. The predicted molar refractivity (Wildman–Crippen MR) is 125 cm³/mol. The fourth-order valence-corrected chi connectivity index (χ4v) is 3.92. The Hall–Kier alpha value is -2.83. The molecular weight excluding hydrogens is 402 g/mol. The molecule has 0 unspecified atom stereocenters. The van der Waals surface area contributed by atoms with Crippen LogP contribution in [0, 0.1) is 6.92 Å². The summed E-state index contributed by atoms with van der Waals surface area (Å²) in [6.45, 7) is 6.54. The SMILES string of the molecule is Cc1ccc(OCC2(O)CCN(Cc3ccc(OCCCn4cccn4)cc3)CC2)cc1. The minimum Gasteiger partial charge on any atom is -0.494 e. The summed E-state index contributed by atoms with van der Waals surface area (Å²) in [5.74, 6) is 1.71. The average Bonchev–Trinajstić information content (AvgIpc) is 3.33. The molecule has 1 aliphatic heterocycles. The van der Waals surface area contributed by atoms with Crippen LogP contribution in [0.4, 0.5) is 0 Å². The lowest BCUT2D eigenvalue weighted by molar-refractivity contribution is -0.0537. The zero-order valence-corrected chi connectivity index (χ0v) is 18.8. The van der Waals surface area contributed by atoms with Crippen molar-refractivity contribution in [3.8, 4) is 11.5 Å². The van der Waals surface area contributed by atoms with Crippen LogP contribution in [0.5, 0.6) is 11.5 Å². The van der Waals surface area contributed by atoms with Crippen molar-refractivity contribution in [2.45, 2.75) is 44.9 Å². The molecule has 32 heavy (non-hydrogen) atoms. The van der Waals surface area contributed by atoms with Gasteiger partial charge in [0.25, 0.3) is 0 Å². The fourth-order valence-electron chi connectivity index (χ4n) is 3.92. The second-order valence-corrected chi connectivity index (χ2v) is 8.72. The summed E-state index contributed by atoms with van der Waals surface area (Å²) in [5.41, 5.74) is 1.71. The fraction of sp³-hybridized carbons (Fsp3) is 0.423. The Morgan fingerprint density at radius 2 is 1.66 bits per heavy atom. The zero-order chi connectivity index (χ0) is 22.2. The van der Waals surface area contributed by atoms with E-state index in [2.05, 4.69) is 29.1 Å². The van der Waals surface area contributed by atoms with E-state index in [4.69, 9.17) is 9.47 Å². The topological polar surface area (TPSA) is 59.8 Å². The first kappa shape index (κ1) is 22.4. The van der Waals surface area contributed by atoms with Gasteiger partial charge in [-0.3, -0.25) is 9.58 Å². The van der Waals surface area contributed by atoms with Gasteiger partial charge in [-0.1, -0.05) is 29.8 Å². The number of ether oxygens (including phenoxy) is 2. The second kappa shape index (κ2) is 10.7. The molecule has 1 fully saturated rings. The number of hydrogen-bond acceptors (Lipinski definition) is 5. The molecule has 1 N–H and O–H groups in total. The van der Waals surface area contributed by atoms with Crippen LogP contribution in [0.1, 0.15) is 30.4 Å². The number of aryl methyl sites for hydroxylation is 2. The van der Waals surface area contributed by atoms with Gasteiger partial charge in [0.2, 0.25) is 0 Å². The zero-order valence-electron chi connectivity index (χ0n) is 18.8. The highest BCUT2D eigenvalue weighted by atomic mass is 16.5. The first-order valence-corrected chi connectivity index (χ1v) is 11.4. The molecule has 0 spiro atoms. The molecule has 0 bridgehead atoms. The Morgan fingerprint density at radius 3 is 2.34 bits per heavy atom. The van der Waals surface area contributed by atoms with Crippen molar-refractivity contribution in [2.75, 3.05) is 26.3 Å². The van der Waals surface area contributed by atoms with Gasteiger partial charge in [-0.05, 0) is 55.7 Å². The molecule has 1 aliphatic rings. The molecular formula is C26H33N3O3. The van der Waals surface area contributed by atoms with E-state index in [0.29, 0.717) is 13.2 Å². The van der Waals surface area contributed by atoms with Crippen LogP contribution in [0.3, 0.4) is 0 Å². The normalized spacial score (nSPS) is 16.1. The molecule has 2 heterocycles. The van der Waals surface area contributed by atoms with Crippen molar-refractivity contribution in [3.05, 3.63) is 78.1 Å². The first-order chi connectivity index (χ1) is 15.6.